The largest absolute Gasteiger partial charge is 0.378 e. The van der Waals surface area contributed by atoms with Crippen LogP contribution in [0.15, 0.2) is 0 Å². The zero-order valence-corrected chi connectivity index (χ0v) is 22.5. The van der Waals surface area contributed by atoms with E-state index in [9.17, 15) is 4.79 Å². The standard InChI is InChI=1S/C9H19NO.C8H15NO2.C8H17NO/c1-9(2,3)8-7-11-6-5-10(8)4;1-8(2,3)6-4-11-5-7(10)9-6;1-8(2,3)7-6-10-5-4-9-7/h8H,5-7H2,1-4H3;6H,4-5H2,1-3H3,(H,9,10);7,9H,4-6H2,1-3H3/t8-;6-;7-/m000/s1. The molecule has 190 valence electrons. The second-order valence-electron chi connectivity index (χ2n) is 12.4. The molecule has 0 aromatic rings. The molecule has 7 nitrogen and oxygen atoms in total. The van der Waals surface area contributed by atoms with Gasteiger partial charge in [-0.25, -0.2) is 0 Å². The van der Waals surface area contributed by atoms with Crippen LogP contribution < -0.4 is 10.6 Å². The molecule has 0 spiro atoms. The van der Waals surface area contributed by atoms with Crippen LogP contribution >= 0.6 is 0 Å². The van der Waals surface area contributed by atoms with Gasteiger partial charge in [-0.1, -0.05) is 62.3 Å². The maximum Gasteiger partial charge on any atom is 0.246 e. The molecule has 7 heteroatoms. The van der Waals surface area contributed by atoms with Crippen LogP contribution in [0.25, 0.3) is 0 Å². The van der Waals surface area contributed by atoms with Crippen LogP contribution in [0, 0.1) is 16.2 Å². The van der Waals surface area contributed by atoms with Gasteiger partial charge in [0.25, 0.3) is 0 Å². The lowest BCUT2D eigenvalue weighted by Gasteiger charge is -2.40. The molecule has 3 aliphatic heterocycles. The fourth-order valence-corrected chi connectivity index (χ4v) is 3.73. The average molecular weight is 458 g/mol. The van der Waals surface area contributed by atoms with Gasteiger partial charge in [0.1, 0.15) is 6.61 Å². The number of nitrogens with one attached hydrogen (secondary N) is 2. The molecule has 3 fully saturated rings. The van der Waals surface area contributed by atoms with Gasteiger partial charge < -0.3 is 24.8 Å². The van der Waals surface area contributed by atoms with E-state index < -0.39 is 0 Å². The van der Waals surface area contributed by atoms with Crippen LogP contribution in [0.2, 0.25) is 0 Å². The van der Waals surface area contributed by atoms with Crippen LogP contribution in [0.1, 0.15) is 62.3 Å². The van der Waals surface area contributed by atoms with E-state index in [1.807, 2.05) is 0 Å². The molecule has 3 aliphatic rings. The number of likely N-dealkylation sites (N-methyl/N-ethyl adjacent to an activating group) is 1. The Bertz CT molecular complexity index is 543. The van der Waals surface area contributed by atoms with Crippen molar-refractivity contribution in [3.8, 4) is 0 Å². The van der Waals surface area contributed by atoms with E-state index in [4.69, 9.17) is 14.2 Å². The summed E-state index contributed by atoms with van der Waals surface area (Å²) in [7, 11) is 2.18. The van der Waals surface area contributed by atoms with E-state index in [1.165, 1.54) is 0 Å². The third kappa shape index (κ3) is 10.9. The normalized spacial score (nSPS) is 27.9. The van der Waals surface area contributed by atoms with Gasteiger partial charge in [-0.05, 0) is 23.3 Å². The Balaban J connectivity index is 0.000000240. The van der Waals surface area contributed by atoms with Gasteiger partial charge in [0, 0.05) is 25.2 Å². The maximum absolute atomic E-state index is 10.9. The Morgan fingerprint density at radius 1 is 0.781 bits per heavy atom. The van der Waals surface area contributed by atoms with Crippen molar-refractivity contribution in [2.75, 3.05) is 59.8 Å². The molecular weight excluding hydrogens is 406 g/mol. The second kappa shape index (κ2) is 12.7. The third-order valence-corrected chi connectivity index (χ3v) is 6.26. The van der Waals surface area contributed by atoms with Crippen LogP contribution in [-0.2, 0) is 19.0 Å². The molecule has 3 atom stereocenters. The first-order valence-electron chi connectivity index (χ1n) is 12.1. The number of hydrogen-bond donors (Lipinski definition) is 2. The summed E-state index contributed by atoms with van der Waals surface area (Å²) >= 11 is 0. The van der Waals surface area contributed by atoms with Crippen LogP contribution in [0.4, 0.5) is 0 Å². The monoisotopic (exact) mass is 457 g/mol. The Labute approximate surface area is 197 Å². The molecule has 2 N–H and O–H groups in total. The van der Waals surface area contributed by atoms with Crippen molar-refractivity contribution in [1.82, 2.24) is 15.5 Å². The molecular formula is C25H51N3O4. The first kappa shape index (κ1) is 29.3. The van der Waals surface area contributed by atoms with E-state index in [2.05, 4.69) is 84.9 Å². The Kier molecular flexibility index (Phi) is 11.6. The number of carbonyl (C=O) groups excluding carboxylic acids is 1. The second-order valence-corrected chi connectivity index (χ2v) is 12.4. The fraction of sp³-hybridized carbons (Fsp3) is 0.960. The van der Waals surface area contributed by atoms with Gasteiger partial charge in [0.15, 0.2) is 0 Å². The molecule has 3 saturated heterocycles. The van der Waals surface area contributed by atoms with Crippen molar-refractivity contribution >= 4 is 5.91 Å². The van der Waals surface area contributed by atoms with Crippen molar-refractivity contribution in [2.24, 2.45) is 16.2 Å². The Morgan fingerprint density at radius 3 is 1.69 bits per heavy atom. The highest BCUT2D eigenvalue weighted by Gasteiger charge is 2.31. The maximum atomic E-state index is 10.9. The molecule has 0 unspecified atom stereocenters. The van der Waals surface area contributed by atoms with Gasteiger partial charge in [-0.2, -0.15) is 0 Å². The van der Waals surface area contributed by atoms with Crippen LogP contribution in [0.5, 0.6) is 0 Å². The lowest BCUT2D eigenvalue weighted by Crippen LogP contribution is -2.52. The number of ether oxygens (including phenoxy) is 3. The number of carbonyl (C=O) groups is 1. The summed E-state index contributed by atoms with van der Waals surface area (Å²) in [6, 6.07) is 1.27. The van der Waals surface area contributed by atoms with E-state index in [0.717, 1.165) is 39.5 Å². The molecule has 0 saturated carbocycles. The highest BCUT2D eigenvalue weighted by Crippen LogP contribution is 2.25. The predicted molar refractivity (Wildman–Crippen MR) is 131 cm³/mol. The van der Waals surface area contributed by atoms with Crippen molar-refractivity contribution < 1.29 is 19.0 Å². The topological polar surface area (TPSA) is 72.1 Å². The lowest BCUT2D eigenvalue weighted by atomic mass is 9.86. The summed E-state index contributed by atoms with van der Waals surface area (Å²) < 4.78 is 15.9. The third-order valence-electron chi connectivity index (χ3n) is 6.26. The molecule has 32 heavy (non-hydrogen) atoms. The van der Waals surface area contributed by atoms with E-state index >= 15 is 0 Å². The van der Waals surface area contributed by atoms with Crippen LogP contribution in [0.3, 0.4) is 0 Å². The van der Waals surface area contributed by atoms with Crippen molar-refractivity contribution in [3.05, 3.63) is 0 Å². The zero-order chi connectivity index (χ0) is 24.6. The Hall–Kier alpha value is -0.730. The van der Waals surface area contributed by atoms with E-state index in [1.54, 1.807) is 0 Å². The van der Waals surface area contributed by atoms with Gasteiger partial charge in [-0.15, -0.1) is 0 Å². The summed E-state index contributed by atoms with van der Waals surface area (Å²) in [6.45, 7) is 26.2. The summed E-state index contributed by atoms with van der Waals surface area (Å²) in [5.41, 5.74) is 0.770. The number of rotatable bonds is 0. The van der Waals surface area contributed by atoms with Gasteiger partial charge >= 0.3 is 0 Å². The smallest absolute Gasteiger partial charge is 0.246 e. The minimum Gasteiger partial charge on any atom is -0.378 e. The summed E-state index contributed by atoms with van der Waals surface area (Å²) in [4.78, 5) is 13.3. The highest BCUT2D eigenvalue weighted by molar-refractivity contribution is 5.78. The highest BCUT2D eigenvalue weighted by atomic mass is 16.5. The average Bonchev–Trinajstić information content (AvgIpc) is 2.68. The molecule has 0 radical (unpaired) electrons. The SMILES string of the molecule is CC(C)(C)[C@@H]1COCC(=O)N1.CC(C)(C)[C@@H]1COCCN1.CN1CCOC[C@H]1C(C)(C)C. The van der Waals surface area contributed by atoms with Gasteiger partial charge in [0.05, 0.1) is 39.1 Å². The molecule has 3 rings (SSSR count). The summed E-state index contributed by atoms with van der Waals surface area (Å²) in [5, 5.41) is 6.33. The zero-order valence-electron chi connectivity index (χ0n) is 22.5. The van der Waals surface area contributed by atoms with Crippen LogP contribution in [-0.4, -0.2) is 88.7 Å². The van der Waals surface area contributed by atoms with E-state index in [0.29, 0.717) is 29.5 Å². The quantitative estimate of drug-likeness (QED) is 0.583. The van der Waals surface area contributed by atoms with Crippen molar-refractivity contribution in [2.45, 2.75) is 80.4 Å². The first-order chi connectivity index (χ1) is 14.6. The molecule has 0 aromatic heterocycles. The molecule has 3 heterocycles. The lowest BCUT2D eigenvalue weighted by molar-refractivity contribution is -0.133. The van der Waals surface area contributed by atoms with Crippen molar-refractivity contribution in [3.63, 3.8) is 0 Å². The minimum absolute atomic E-state index is 0.00354. The number of nitrogens with zero attached hydrogens (tertiary/aromatic N) is 1. The summed E-state index contributed by atoms with van der Waals surface area (Å²) in [5.74, 6) is -0.00354. The molecule has 0 aromatic carbocycles. The molecule has 0 bridgehead atoms. The summed E-state index contributed by atoms with van der Waals surface area (Å²) in [6.07, 6.45) is 0. The van der Waals surface area contributed by atoms with Gasteiger partial charge in [-0.3, -0.25) is 9.69 Å². The van der Waals surface area contributed by atoms with Gasteiger partial charge in [0.2, 0.25) is 5.91 Å². The first-order valence-corrected chi connectivity index (χ1v) is 12.1. The number of hydrogen-bond acceptors (Lipinski definition) is 6. The molecule has 1 amide bonds. The number of morpholine rings is 3. The van der Waals surface area contributed by atoms with E-state index in [-0.39, 0.29) is 24.0 Å². The fourth-order valence-electron chi connectivity index (χ4n) is 3.73. The Morgan fingerprint density at radius 2 is 1.34 bits per heavy atom. The minimum atomic E-state index is -0.00354. The molecule has 0 aliphatic carbocycles. The van der Waals surface area contributed by atoms with Crippen molar-refractivity contribution in [1.29, 1.82) is 0 Å². The number of amides is 1. The predicted octanol–water partition coefficient (Wildman–Crippen LogP) is 2.93.